The van der Waals surface area contributed by atoms with E-state index in [1.807, 2.05) is 32.0 Å². The molecule has 0 fully saturated rings. The fourth-order valence-corrected chi connectivity index (χ4v) is 2.88. The van der Waals surface area contributed by atoms with Gasteiger partial charge in [-0.15, -0.1) is 0 Å². The predicted octanol–water partition coefficient (Wildman–Crippen LogP) is 3.98. The second-order valence-electron chi connectivity index (χ2n) is 5.30. The molecule has 3 N–H and O–H groups in total. The van der Waals surface area contributed by atoms with Crippen molar-refractivity contribution in [2.24, 2.45) is 5.73 Å². The molecule has 0 aliphatic rings. The number of aryl methyl sites for hydroxylation is 2. The SMILES string of the molecule is Cc1ccc(C(CN)C(O)c2cc(F)ccc2Br)cc1C. The van der Waals surface area contributed by atoms with Gasteiger partial charge in [0, 0.05) is 16.9 Å². The maximum atomic E-state index is 13.4. The Morgan fingerprint density at radius 1 is 1.14 bits per heavy atom. The Balaban J connectivity index is 2.40. The molecule has 0 radical (unpaired) electrons. The van der Waals surface area contributed by atoms with Gasteiger partial charge in [-0.25, -0.2) is 4.39 Å². The van der Waals surface area contributed by atoms with Gasteiger partial charge in [-0.05, 0) is 54.3 Å². The fraction of sp³-hybridized carbons (Fsp3) is 0.294. The number of benzene rings is 2. The van der Waals surface area contributed by atoms with Crippen LogP contribution in [0.2, 0.25) is 0 Å². The van der Waals surface area contributed by atoms with Gasteiger partial charge in [-0.3, -0.25) is 0 Å². The lowest BCUT2D eigenvalue weighted by atomic mass is 9.87. The van der Waals surface area contributed by atoms with Crippen molar-refractivity contribution in [3.05, 3.63) is 68.9 Å². The first-order chi connectivity index (χ1) is 9.93. The van der Waals surface area contributed by atoms with Crippen LogP contribution in [0.5, 0.6) is 0 Å². The molecule has 112 valence electrons. The molecule has 0 bridgehead atoms. The van der Waals surface area contributed by atoms with Gasteiger partial charge in [-0.2, -0.15) is 0 Å². The number of hydrogen-bond acceptors (Lipinski definition) is 2. The zero-order valence-electron chi connectivity index (χ0n) is 12.1. The first-order valence-corrected chi connectivity index (χ1v) is 7.63. The third kappa shape index (κ3) is 3.51. The molecule has 2 rings (SSSR count). The van der Waals surface area contributed by atoms with Crippen LogP contribution in [-0.4, -0.2) is 11.7 Å². The first-order valence-electron chi connectivity index (χ1n) is 6.84. The third-order valence-corrected chi connectivity index (χ3v) is 4.59. The van der Waals surface area contributed by atoms with E-state index in [9.17, 15) is 9.50 Å². The van der Waals surface area contributed by atoms with E-state index in [4.69, 9.17) is 5.73 Å². The summed E-state index contributed by atoms with van der Waals surface area (Å²) in [6, 6.07) is 10.3. The molecule has 0 aromatic heterocycles. The summed E-state index contributed by atoms with van der Waals surface area (Å²) in [6.07, 6.45) is -0.859. The monoisotopic (exact) mass is 351 g/mol. The molecule has 0 aliphatic heterocycles. The van der Waals surface area contributed by atoms with E-state index in [-0.39, 0.29) is 18.3 Å². The number of aliphatic hydroxyl groups excluding tert-OH is 1. The van der Waals surface area contributed by atoms with Gasteiger partial charge in [0.25, 0.3) is 0 Å². The highest BCUT2D eigenvalue weighted by atomic mass is 79.9. The van der Waals surface area contributed by atoms with Crippen molar-refractivity contribution < 1.29 is 9.50 Å². The van der Waals surface area contributed by atoms with E-state index in [2.05, 4.69) is 15.9 Å². The van der Waals surface area contributed by atoms with Crippen LogP contribution in [0.4, 0.5) is 4.39 Å². The van der Waals surface area contributed by atoms with Crippen LogP contribution in [0.15, 0.2) is 40.9 Å². The highest BCUT2D eigenvalue weighted by Gasteiger charge is 2.24. The lowest BCUT2D eigenvalue weighted by Crippen LogP contribution is -2.20. The Hall–Kier alpha value is -1.23. The van der Waals surface area contributed by atoms with E-state index in [0.29, 0.717) is 10.0 Å². The molecule has 0 aliphatic carbocycles. The summed E-state index contributed by atoms with van der Waals surface area (Å²) in [5.74, 6) is -0.648. The van der Waals surface area contributed by atoms with Crippen LogP contribution in [0, 0.1) is 19.7 Å². The number of halogens is 2. The maximum absolute atomic E-state index is 13.4. The van der Waals surface area contributed by atoms with Crippen LogP contribution in [-0.2, 0) is 0 Å². The summed E-state index contributed by atoms with van der Waals surface area (Å²) in [5.41, 5.74) is 9.67. The van der Waals surface area contributed by atoms with Crippen LogP contribution >= 0.6 is 15.9 Å². The molecule has 4 heteroatoms. The van der Waals surface area contributed by atoms with E-state index < -0.39 is 6.10 Å². The van der Waals surface area contributed by atoms with Gasteiger partial charge in [0.2, 0.25) is 0 Å². The largest absolute Gasteiger partial charge is 0.388 e. The average Bonchev–Trinajstić information content (AvgIpc) is 2.46. The second-order valence-corrected chi connectivity index (χ2v) is 6.15. The second kappa shape index (κ2) is 6.69. The van der Waals surface area contributed by atoms with Crippen molar-refractivity contribution in [2.45, 2.75) is 25.9 Å². The van der Waals surface area contributed by atoms with Crippen molar-refractivity contribution in [1.29, 1.82) is 0 Å². The number of hydrogen-bond donors (Lipinski definition) is 2. The highest BCUT2D eigenvalue weighted by molar-refractivity contribution is 9.10. The molecule has 0 heterocycles. The molecular weight excluding hydrogens is 333 g/mol. The molecule has 2 aromatic rings. The van der Waals surface area contributed by atoms with Crippen molar-refractivity contribution in [2.75, 3.05) is 6.54 Å². The van der Waals surface area contributed by atoms with E-state index in [0.717, 1.165) is 11.1 Å². The smallest absolute Gasteiger partial charge is 0.123 e. The predicted molar refractivity (Wildman–Crippen MR) is 86.8 cm³/mol. The van der Waals surface area contributed by atoms with Crippen molar-refractivity contribution >= 4 is 15.9 Å². The molecule has 2 aromatic carbocycles. The summed E-state index contributed by atoms with van der Waals surface area (Å²) in [7, 11) is 0. The molecule has 21 heavy (non-hydrogen) atoms. The Labute approximate surface area is 132 Å². The number of nitrogens with two attached hydrogens (primary N) is 1. The Morgan fingerprint density at radius 3 is 2.48 bits per heavy atom. The van der Waals surface area contributed by atoms with Gasteiger partial charge < -0.3 is 10.8 Å². The lowest BCUT2D eigenvalue weighted by molar-refractivity contribution is 0.146. The molecule has 2 nitrogen and oxygen atoms in total. The van der Waals surface area contributed by atoms with Gasteiger partial charge >= 0.3 is 0 Å². The van der Waals surface area contributed by atoms with Gasteiger partial charge in [0.05, 0.1) is 6.10 Å². The zero-order valence-corrected chi connectivity index (χ0v) is 13.7. The summed E-state index contributed by atoms with van der Waals surface area (Å²) in [4.78, 5) is 0. The summed E-state index contributed by atoms with van der Waals surface area (Å²) >= 11 is 3.36. The van der Waals surface area contributed by atoms with Crippen LogP contribution in [0.3, 0.4) is 0 Å². The molecule has 2 unspecified atom stereocenters. The van der Waals surface area contributed by atoms with E-state index >= 15 is 0 Å². The molecule has 0 saturated heterocycles. The summed E-state index contributed by atoms with van der Waals surface area (Å²) < 4.78 is 14.1. The molecule has 2 atom stereocenters. The van der Waals surface area contributed by atoms with Crippen molar-refractivity contribution in [3.63, 3.8) is 0 Å². The Morgan fingerprint density at radius 2 is 1.86 bits per heavy atom. The number of aliphatic hydroxyl groups is 1. The van der Waals surface area contributed by atoms with Crippen molar-refractivity contribution in [1.82, 2.24) is 0 Å². The minimum atomic E-state index is -0.859. The van der Waals surface area contributed by atoms with Crippen molar-refractivity contribution in [3.8, 4) is 0 Å². The molecule has 0 spiro atoms. The number of rotatable bonds is 4. The first kappa shape index (κ1) is 16.1. The van der Waals surface area contributed by atoms with Crippen LogP contribution in [0.1, 0.15) is 34.3 Å². The van der Waals surface area contributed by atoms with E-state index in [1.165, 1.54) is 17.7 Å². The Bertz CT molecular complexity index is 645. The van der Waals surface area contributed by atoms with Gasteiger partial charge in [0.15, 0.2) is 0 Å². The fourth-order valence-electron chi connectivity index (χ4n) is 2.40. The maximum Gasteiger partial charge on any atom is 0.123 e. The average molecular weight is 352 g/mol. The quantitative estimate of drug-likeness (QED) is 0.874. The summed E-state index contributed by atoms with van der Waals surface area (Å²) in [5, 5.41) is 10.6. The minimum absolute atomic E-state index is 0.276. The molecule has 0 saturated carbocycles. The van der Waals surface area contributed by atoms with Crippen LogP contribution in [0.25, 0.3) is 0 Å². The Kier molecular flexibility index (Phi) is 5.14. The van der Waals surface area contributed by atoms with Gasteiger partial charge in [-0.1, -0.05) is 34.1 Å². The third-order valence-electron chi connectivity index (χ3n) is 3.87. The zero-order chi connectivity index (χ0) is 15.6. The van der Waals surface area contributed by atoms with Crippen LogP contribution < -0.4 is 5.73 Å². The lowest BCUT2D eigenvalue weighted by Gasteiger charge is -2.24. The minimum Gasteiger partial charge on any atom is -0.388 e. The van der Waals surface area contributed by atoms with E-state index in [1.54, 1.807) is 6.07 Å². The standard InChI is InChI=1S/C17H19BrFNO/c1-10-3-4-12(7-11(10)2)15(9-20)17(21)14-8-13(19)5-6-16(14)18/h3-8,15,17,21H,9,20H2,1-2H3. The molecular formula is C17H19BrFNO. The normalized spacial score (nSPS) is 14.0. The summed E-state index contributed by atoms with van der Waals surface area (Å²) in [6.45, 7) is 4.35. The topological polar surface area (TPSA) is 46.2 Å². The molecule has 0 amide bonds. The highest BCUT2D eigenvalue weighted by Crippen LogP contribution is 2.35. The van der Waals surface area contributed by atoms with Gasteiger partial charge in [0.1, 0.15) is 5.82 Å².